The average Bonchev–Trinajstić information content (AvgIpc) is 2.77. The van der Waals surface area contributed by atoms with E-state index < -0.39 is 0 Å². The van der Waals surface area contributed by atoms with Crippen LogP contribution in [0.3, 0.4) is 0 Å². The Kier molecular flexibility index (Phi) is 3.88. The van der Waals surface area contributed by atoms with Crippen LogP contribution < -0.4 is 10.9 Å². The minimum Gasteiger partial charge on any atom is -0.380 e. The Hall–Kier alpha value is -1.24. The lowest BCUT2D eigenvalue weighted by molar-refractivity contribution is 0.117. The molecule has 1 unspecified atom stereocenters. The fourth-order valence-electron chi connectivity index (χ4n) is 1.48. The van der Waals surface area contributed by atoms with Gasteiger partial charge >= 0.3 is 0 Å². The van der Waals surface area contributed by atoms with E-state index in [1.54, 1.807) is 7.11 Å². The van der Waals surface area contributed by atoms with Crippen LogP contribution in [0.5, 0.6) is 0 Å². The van der Waals surface area contributed by atoms with E-state index in [2.05, 4.69) is 15.3 Å². The molecule has 17 heavy (non-hydrogen) atoms. The van der Waals surface area contributed by atoms with Crippen LogP contribution in [-0.4, -0.2) is 29.7 Å². The summed E-state index contributed by atoms with van der Waals surface area (Å²) in [5, 5.41) is 5.05. The second-order valence-electron chi connectivity index (χ2n) is 3.82. The Morgan fingerprint density at radius 3 is 3.24 bits per heavy atom. The maximum Gasteiger partial charge on any atom is 0.268 e. The van der Waals surface area contributed by atoms with Crippen LogP contribution in [0.15, 0.2) is 16.2 Å². The van der Waals surface area contributed by atoms with Crippen LogP contribution in [0.2, 0.25) is 0 Å². The van der Waals surface area contributed by atoms with Gasteiger partial charge in [-0.05, 0) is 18.4 Å². The van der Waals surface area contributed by atoms with Crippen LogP contribution in [-0.2, 0) is 11.3 Å². The van der Waals surface area contributed by atoms with E-state index in [0.717, 1.165) is 12.1 Å². The predicted octanol–water partition coefficient (Wildman–Crippen LogP) is 1.11. The zero-order valence-electron chi connectivity index (χ0n) is 9.82. The topological polar surface area (TPSA) is 67.0 Å². The Morgan fingerprint density at radius 2 is 2.47 bits per heavy atom. The molecule has 0 radical (unpaired) electrons. The monoisotopic (exact) mass is 253 g/mol. The standard InChI is InChI=1S/C11H15N3O2S/c1-7(16-2)5-12-6-9-13-8-3-4-17-10(8)11(15)14-9/h3-4,7,12H,5-6H2,1-2H3,(H,13,14,15). The van der Waals surface area contributed by atoms with Crippen molar-refractivity contribution in [2.45, 2.75) is 19.6 Å². The molecule has 2 aromatic heterocycles. The average molecular weight is 253 g/mol. The summed E-state index contributed by atoms with van der Waals surface area (Å²) in [6.07, 6.45) is 0.145. The van der Waals surface area contributed by atoms with E-state index in [0.29, 0.717) is 17.1 Å². The highest BCUT2D eigenvalue weighted by atomic mass is 32.1. The highest BCUT2D eigenvalue weighted by Gasteiger charge is 2.05. The number of hydrogen-bond acceptors (Lipinski definition) is 5. The summed E-state index contributed by atoms with van der Waals surface area (Å²) in [5.74, 6) is 0.657. The third-order valence-corrected chi connectivity index (χ3v) is 3.39. The minimum absolute atomic E-state index is 0.0680. The molecule has 0 spiro atoms. The molecule has 0 saturated heterocycles. The number of rotatable bonds is 5. The van der Waals surface area contributed by atoms with Gasteiger partial charge in [0.15, 0.2) is 0 Å². The lowest BCUT2D eigenvalue weighted by atomic mass is 10.4. The number of aromatic amines is 1. The van der Waals surface area contributed by atoms with Gasteiger partial charge in [-0.15, -0.1) is 11.3 Å². The summed E-state index contributed by atoms with van der Waals surface area (Å²) in [7, 11) is 1.67. The maximum absolute atomic E-state index is 11.7. The molecule has 0 aliphatic heterocycles. The molecule has 2 aromatic rings. The van der Waals surface area contributed by atoms with Crippen molar-refractivity contribution in [1.82, 2.24) is 15.3 Å². The zero-order chi connectivity index (χ0) is 12.3. The molecule has 92 valence electrons. The molecule has 0 aliphatic carbocycles. The molecule has 6 heteroatoms. The lowest BCUT2D eigenvalue weighted by Gasteiger charge is -2.10. The molecular weight excluding hydrogens is 238 g/mol. The van der Waals surface area contributed by atoms with Crippen LogP contribution in [0, 0.1) is 0 Å². The third kappa shape index (κ3) is 2.91. The van der Waals surface area contributed by atoms with Crippen molar-refractivity contribution in [1.29, 1.82) is 0 Å². The first-order valence-corrected chi connectivity index (χ1v) is 6.28. The molecule has 2 heterocycles. The molecule has 0 fully saturated rings. The van der Waals surface area contributed by atoms with Crippen molar-refractivity contribution in [2.24, 2.45) is 0 Å². The van der Waals surface area contributed by atoms with Crippen molar-refractivity contribution < 1.29 is 4.74 Å². The number of thiophene rings is 1. The van der Waals surface area contributed by atoms with Gasteiger partial charge in [0.05, 0.1) is 18.2 Å². The number of fused-ring (bicyclic) bond motifs is 1. The molecule has 0 saturated carbocycles. The summed E-state index contributed by atoms with van der Waals surface area (Å²) < 4.78 is 5.80. The number of methoxy groups -OCH3 is 1. The van der Waals surface area contributed by atoms with E-state index >= 15 is 0 Å². The molecular formula is C11H15N3O2S. The van der Waals surface area contributed by atoms with Crippen molar-refractivity contribution in [2.75, 3.05) is 13.7 Å². The summed E-state index contributed by atoms with van der Waals surface area (Å²) >= 11 is 1.41. The van der Waals surface area contributed by atoms with Crippen LogP contribution >= 0.6 is 11.3 Å². The van der Waals surface area contributed by atoms with Crippen LogP contribution in [0.4, 0.5) is 0 Å². The van der Waals surface area contributed by atoms with E-state index in [9.17, 15) is 4.79 Å². The van der Waals surface area contributed by atoms with Gasteiger partial charge in [0.1, 0.15) is 10.5 Å². The fourth-order valence-corrected chi connectivity index (χ4v) is 2.21. The zero-order valence-corrected chi connectivity index (χ0v) is 10.6. The molecule has 2 N–H and O–H groups in total. The van der Waals surface area contributed by atoms with Gasteiger partial charge in [-0.3, -0.25) is 4.79 Å². The normalized spacial score (nSPS) is 13.1. The van der Waals surface area contributed by atoms with Crippen LogP contribution in [0.25, 0.3) is 10.2 Å². The van der Waals surface area contributed by atoms with Crippen LogP contribution in [0.1, 0.15) is 12.7 Å². The molecule has 0 bridgehead atoms. The first kappa shape index (κ1) is 12.2. The van der Waals surface area contributed by atoms with Gasteiger partial charge in [-0.2, -0.15) is 0 Å². The Balaban J connectivity index is 2.06. The smallest absolute Gasteiger partial charge is 0.268 e. The fraction of sp³-hybridized carbons (Fsp3) is 0.455. The molecule has 2 rings (SSSR count). The van der Waals surface area contributed by atoms with Gasteiger partial charge in [0, 0.05) is 13.7 Å². The number of nitrogens with one attached hydrogen (secondary N) is 2. The minimum atomic E-state index is -0.0680. The highest BCUT2D eigenvalue weighted by molar-refractivity contribution is 7.17. The number of H-pyrrole nitrogens is 1. The number of ether oxygens (including phenoxy) is 1. The largest absolute Gasteiger partial charge is 0.380 e. The van der Waals surface area contributed by atoms with Crippen molar-refractivity contribution in [3.63, 3.8) is 0 Å². The van der Waals surface area contributed by atoms with Gasteiger partial charge in [-0.1, -0.05) is 0 Å². The first-order chi connectivity index (χ1) is 8.20. The second-order valence-corrected chi connectivity index (χ2v) is 4.74. The van der Waals surface area contributed by atoms with E-state index in [1.165, 1.54) is 11.3 Å². The number of aromatic nitrogens is 2. The Bertz CT molecular complexity index is 549. The number of hydrogen-bond donors (Lipinski definition) is 2. The summed E-state index contributed by atoms with van der Waals surface area (Å²) in [6, 6.07) is 1.86. The molecule has 5 nitrogen and oxygen atoms in total. The van der Waals surface area contributed by atoms with Gasteiger partial charge < -0.3 is 15.0 Å². The number of nitrogens with zero attached hydrogens (tertiary/aromatic N) is 1. The third-order valence-electron chi connectivity index (χ3n) is 2.49. The molecule has 0 amide bonds. The lowest BCUT2D eigenvalue weighted by Crippen LogP contribution is -2.27. The highest BCUT2D eigenvalue weighted by Crippen LogP contribution is 2.13. The van der Waals surface area contributed by atoms with E-state index in [-0.39, 0.29) is 11.7 Å². The molecule has 0 aliphatic rings. The SMILES string of the molecule is COC(C)CNCc1nc2ccsc2c(=O)[nH]1. The van der Waals surface area contributed by atoms with Gasteiger partial charge in [0.25, 0.3) is 5.56 Å². The summed E-state index contributed by atoms with van der Waals surface area (Å²) in [5.41, 5.74) is 0.692. The predicted molar refractivity (Wildman–Crippen MR) is 68.4 cm³/mol. The Morgan fingerprint density at radius 1 is 1.65 bits per heavy atom. The molecule has 0 aromatic carbocycles. The van der Waals surface area contributed by atoms with Crippen molar-refractivity contribution >= 4 is 21.6 Å². The van der Waals surface area contributed by atoms with Crippen molar-refractivity contribution in [3.8, 4) is 0 Å². The van der Waals surface area contributed by atoms with Gasteiger partial charge in [-0.25, -0.2) is 4.98 Å². The van der Waals surface area contributed by atoms with E-state index in [1.807, 2.05) is 18.4 Å². The van der Waals surface area contributed by atoms with E-state index in [4.69, 9.17) is 4.74 Å². The first-order valence-electron chi connectivity index (χ1n) is 5.40. The summed E-state index contributed by atoms with van der Waals surface area (Å²) in [6.45, 7) is 3.24. The molecule has 1 atom stereocenters. The van der Waals surface area contributed by atoms with Gasteiger partial charge in [0.2, 0.25) is 0 Å². The second kappa shape index (κ2) is 5.39. The van der Waals surface area contributed by atoms with Crippen molar-refractivity contribution in [3.05, 3.63) is 27.6 Å². The summed E-state index contributed by atoms with van der Waals surface area (Å²) in [4.78, 5) is 18.8. The Labute approximate surface area is 103 Å². The quantitative estimate of drug-likeness (QED) is 0.837. The maximum atomic E-state index is 11.7.